The third kappa shape index (κ3) is 3.99. The molecule has 1 atom stereocenters. The van der Waals surface area contributed by atoms with Crippen molar-refractivity contribution in [3.8, 4) is 0 Å². The molecule has 0 bridgehead atoms. The van der Waals surface area contributed by atoms with Gasteiger partial charge in [-0.1, -0.05) is 42.5 Å². The third-order valence-corrected chi connectivity index (χ3v) is 5.09. The minimum absolute atomic E-state index is 0.0301. The first-order valence-corrected chi connectivity index (χ1v) is 8.81. The van der Waals surface area contributed by atoms with Gasteiger partial charge in [-0.05, 0) is 31.7 Å². The molecule has 1 heterocycles. The molecular weight excluding hydrogens is 318 g/mol. The molecule has 0 radical (unpaired) electrons. The van der Waals surface area contributed by atoms with Gasteiger partial charge in [-0.2, -0.15) is 0 Å². The highest BCUT2D eigenvalue weighted by Crippen LogP contribution is 2.22. The Morgan fingerprint density at radius 2 is 1.88 bits per heavy atom. The lowest BCUT2D eigenvalue weighted by molar-refractivity contribution is -0.125. The van der Waals surface area contributed by atoms with Gasteiger partial charge in [-0.3, -0.25) is 9.69 Å². The molecule has 3 rings (SSSR count). The highest BCUT2D eigenvalue weighted by Gasteiger charge is 2.19. The lowest BCUT2D eigenvalue weighted by Crippen LogP contribution is -2.42. The van der Waals surface area contributed by atoms with Crippen LogP contribution in [0.1, 0.15) is 17.5 Å². The van der Waals surface area contributed by atoms with Crippen LogP contribution in [0.2, 0.25) is 0 Å². The lowest BCUT2D eigenvalue weighted by Gasteiger charge is -2.22. The highest BCUT2D eigenvalue weighted by molar-refractivity contribution is 7.18. The zero-order chi connectivity index (χ0) is 16.9. The molecule has 2 aromatic carbocycles. The number of rotatable bonds is 6. The van der Waals surface area contributed by atoms with Crippen LogP contribution in [-0.2, 0) is 17.9 Å². The number of hydrogen-bond acceptors (Lipinski definition) is 4. The van der Waals surface area contributed by atoms with E-state index in [9.17, 15) is 4.79 Å². The summed E-state index contributed by atoms with van der Waals surface area (Å²) in [6, 6.07) is 17.8. The van der Waals surface area contributed by atoms with E-state index in [-0.39, 0.29) is 11.9 Å². The van der Waals surface area contributed by atoms with Crippen molar-refractivity contribution in [2.45, 2.75) is 26.1 Å². The second kappa shape index (κ2) is 7.55. The van der Waals surface area contributed by atoms with E-state index in [4.69, 9.17) is 0 Å². The van der Waals surface area contributed by atoms with Crippen molar-refractivity contribution in [1.29, 1.82) is 0 Å². The maximum absolute atomic E-state index is 12.4. The fourth-order valence-electron chi connectivity index (χ4n) is 2.47. The molecule has 0 spiro atoms. The van der Waals surface area contributed by atoms with E-state index in [2.05, 4.69) is 16.4 Å². The van der Waals surface area contributed by atoms with E-state index < -0.39 is 0 Å². The Morgan fingerprint density at radius 3 is 2.62 bits per heavy atom. The number of para-hydroxylation sites is 1. The van der Waals surface area contributed by atoms with Crippen molar-refractivity contribution in [2.75, 3.05) is 7.05 Å². The van der Waals surface area contributed by atoms with Crippen LogP contribution in [0.25, 0.3) is 10.2 Å². The smallest absolute Gasteiger partial charge is 0.237 e. The summed E-state index contributed by atoms with van der Waals surface area (Å²) >= 11 is 1.68. The number of hydrogen-bond donors (Lipinski definition) is 1. The molecule has 4 nitrogen and oxygen atoms in total. The maximum Gasteiger partial charge on any atom is 0.237 e. The standard InChI is InChI=1S/C19H21N3OS/c1-14(19(23)20-12-15-8-4-3-5-9-15)22(2)13-18-21-16-10-6-7-11-17(16)24-18/h3-11,14H,12-13H2,1-2H3,(H,20,23)/t14-/m1/s1. The topological polar surface area (TPSA) is 45.2 Å². The number of nitrogens with one attached hydrogen (secondary N) is 1. The monoisotopic (exact) mass is 339 g/mol. The SMILES string of the molecule is C[C@H](C(=O)NCc1ccccc1)N(C)Cc1nc2ccccc2s1. The average Bonchev–Trinajstić information content (AvgIpc) is 3.02. The molecule has 124 valence electrons. The number of nitrogens with zero attached hydrogens (tertiary/aromatic N) is 2. The first-order valence-electron chi connectivity index (χ1n) is 8.00. The van der Waals surface area contributed by atoms with Crippen LogP contribution in [0.4, 0.5) is 0 Å². The van der Waals surface area contributed by atoms with Crippen molar-refractivity contribution in [3.63, 3.8) is 0 Å². The van der Waals surface area contributed by atoms with Crippen LogP contribution in [-0.4, -0.2) is 28.9 Å². The Hall–Kier alpha value is -2.24. The van der Waals surface area contributed by atoms with Gasteiger partial charge in [0.05, 0.1) is 22.8 Å². The van der Waals surface area contributed by atoms with Gasteiger partial charge in [0.2, 0.25) is 5.91 Å². The number of carbonyl (C=O) groups excluding carboxylic acids is 1. The van der Waals surface area contributed by atoms with E-state index in [1.807, 2.05) is 67.4 Å². The second-order valence-electron chi connectivity index (χ2n) is 5.87. The van der Waals surface area contributed by atoms with Gasteiger partial charge in [0.25, 0.3) is 0 Å². The molecule has 0 saturated heterocycles. The van der Waals surface area contributed by atoms with Crippen LogP contribution in [0.15, 0.2) is 54.6 Å². The third-order valence-electron chi connectivity index (χ3n) is 4.07. The minimum Gasteiger partial charge on any atom is -0.351 e. The van der Waals surface area contributed by atoms with Gasteiger partial charge in [-0.25, -0.2) is 4.98 Å². The molecule has 1 N–H and O–H groups in total. The molecule has 0 aliphatic heterocycles. The van der Waals surface area contributed by atoms with E-state index in [0.717, 1.165) is 16.1 Å². The normalized spacial score (nSPS) is 12.5. The van der Waals surface area contributed by atoms with Crippen molar-refractivity contribution in [2.24, 2.45) is 0 Å². The Morgan fingerprint density at radius 1 is 1.17 bits per heavy atom. The lowest BCUT2D eigenvalue weighted by atomic mass is 10.2. The summed E-state index contributed by atoms with van der Waals surface area (Å²) in [5.41, 5.74) is 2.12. The number of likely N-dealkylation sites (N-methyl/N-ethyl adjacent to an activating group) is 1. The van der Waals surface area contributed by atoms with Crippen molar-refractivity contribution in [1.82, 2.24) is 15.2 Å². The van der Waals surface area contributed by atoms with E-state index >= 15 is 0 Å². The summed E-state index contributed by atoms with van der Waals surface area (Å²) in [4.78, 5) is 19.0. The van der Waals surface area contributed by atoms with Gasteiger partial charge < -0.3 is 5.32 Å². The number of carbonyl (C=O) groups is 1. The molecule has 3 aromatic rings. The number of fused-ring (bicyclic) bond motifs is 1. The van der Waals surface area contributed by atoms with Gasteiger partial charge >= 0.3 is 0 Å². The fraction of sp³-hybridized carbons (Fsp3) is 0.263. The molecule has 1 aromatic heterocycles. The first kappa shape index (κ1) is 16.6. The zero-order valence-corrected chi connectivity index (χ0v) is 14.7. The van der Waals surface area contributed by atoms with Crippen LogP contribution in [0, 0.1) is 0 Å². The van der Waals surface area contributed by atoms with Gasteiger partial charge in [-0.15, -0.1) is 11.3 Å². The molecule has 24 heavy (non-hydrogen) atoms. The Labute approximate surface area is 146 Å². The summed E-state index contributed by atoms with van der Waals surface area (Å²) in [5, 5.41) is 4.02. The summed E-state index contributed by atoms with van der Waals surface area (Å²) in [5.74, 6) is 0.0301. The van der Waals surface area contributed by atoms with Gasteiger partial charge in [0, 0.05) is 6.54 Å². The predicted molar refractivity (Wildman–Crippen MR) is 98.8 cm³/mol. The van der Waals surface area contributed by atoms with Crippen molar-refractivity contribution in [3.05, 3.63) is 65.2 Å². The molecule has 0 fully saturated rings. The zero-order valence-electron chi connectivity index (χ0n) is 13.9. The van der Waals surface area contributed by atoms with E-state index in [0.29, 0.717) is 13.1 Å². The van der Waals surface area contributed by atoms with Gasteiger partial charge in [0.15, 0.2) is 0 Å². The van der Waals surface area contributed by atoms with Gasteiger partial charge in [0.1, 0.15) is 5.01 Å². The summed E-state index contributed by atoms with van der Waals surface area (Å²) in [6.45, 7) is 3.14. The Bertz CT molecular complexity index is 783. The maximum atomic E-state index is 12.4. The minimum atomic E-state index is -0.208. The van der Waals surface area contributed by atoms with Crippen LogP contribution in [0.3, 0.4) is 0 Å². The number of benzene rings is 2. The van der Waals surface area contributed by atoms with Crippen LogP contribution >= 0.6 is 11.3 Å². The van der Waals surface area contributed by atoms with Crippen molar-refractivity contribution < 1.29 is 4.79 Å². The quantitative estimate of drug-likeness (QED) is 0.748. The van der Waals surface area contributed by atoms with Crippen LogP contribution < -0.4 is 5.32 Å². The summed E-state index contributed by atoms with van der Waals surface area (Å²) < 4.78 is 1.18. The van der Waals surface area contributed by atoms with Crippen LogP contribution in [0.5, 0.6) is 0 Å². The molecule has 1 amide bonds. The predicted octanol–water partition coefficient (Wildman–Crippen LogP) is 3.43. The number of amides is 1. The Balaban J connectivity index is 1.57. The fourth-order valence-corrected chi connectivity index (χ4v) is 3.50. The molecule has 0 saturated carbocycles. The van der Waals surface area contributed by atoms with Crippen molar-refractivity contribution >= 4 is 27.5 Å². The molecule has 0 aliphatic rings. The number of aromatic nitrogens is 1. The molecule has 5 heteroatoms. The molecular formula is C19H21N3OS. The largest absolute Gasteiger partial charge is 0.351 e. The summed E-state index contributed by atoms with van der Waals surface area (Å²) in [7, 11) is 1.96. The van der Waals surface area contributed by atoms with E-state index in [1.54, 1.807) is 11.3 Å². The summed E-state index contributed by atoms with van der Waals surface area (Å²) in [6.07, 6.45) is 0. The number of thiazole rings is 1. The average molecular weight is 339 g/mol. The molecule has 0 aliphatic carbocycles. The second-order valence-corrected chi connectivity index (χ2v) is 6.99. The van der Waals surface area contributed by atoms with E-state index in [1.165, 1.54) is 4.70 Å². The highest BCUT2D eigenvalue weighted by atomic mass is 32.1. The first-order chi connectivity index (χ1) is 11.6. The molecule has 0 unspecified atom stereocenters. The Kier molecular flexibility index (Phi) is 5.23.